The molecule has 0 saturated heterocycles. The number of nitrogens with one attached hydrogen (secondary N) is 2. The third-order valence-electron chi connectivity index (χ3n) is 5.48. The number of phenols is 1. The highest BCUT2D eigenvalue weighted by Gasteiger charge is 2.31. The van der Waals surface area contributed by atoms with E-state index in [0.717, 1.165) is 5.39 Å². The lowest BCUT2D eigenvalue weighted by Gasteiger charge is -2.12. The van der Waals surface area contributed by atoms with Crippen molar-refractivity contribution in [2.75, 3.05) is 6.61 Å². The number of halogens is 4. The van der Waals surface area contributed by atoms with Crippen LogP contribution in [0.2, 0.25) is 5.02 Å². The van der Waals surface area contributed by atoms with E-state index in [1.54, 1.807) is 30.3 Å². The van der Waals surface area contributed by atoms with Crippen molar-refractivity contribution in [3.63, 3.8) is 0 Å². The standard InChI is InChI=1S/C28H21ClF3N3O5/c29-23-13-18(8-10-24(23)36)27(38)35-34-15-19-9-11-25(22-7-2-1-6-21(19)22)39-16-26(37)33-14-17-4-3-5-20(12-17)40-28(30,31)32/h1-13,15,36H,14,16H2,(H,33,37)(H,35,38). The summed E-state index contributed by atoms with van der Waals surface area (Å²) in [7, 11) is 0. The van der Waals surface area contributed by atoms with Crippen molar-refractivity contribution < 1.29 is 37.3 Å². The number of nitrogens with zero attached hydrogens (tertiary/aromatic N) is 1. The first-order chi connectivity index (χ1) is 19.1. The molecule has 3 N–H and O–H groups in total. The fraction of sp³-hybridized carbons (Fsp3) is 0.107. The molecule has 12 heteroatoms. The van der Waals surface area contributed by atoms with Crippen molar-refractivity contribution in [3.05, 3.63) is 101 Å². The van der Waals surface area contributed by atoms with Gasteiger partial charge in [0.05, 0.1) is 11.2 Å². The van der Waals surface area contributed by atoms with Gasteiger partial charge in [-0.05, 0) is 53.4 Å². The summed E-state index contributed by atoms with van der Waals surface area (Å²) >= 11 is 5.84. The minimum Gasteiger partial charge on any atom is -0.506 e. The Morgan fingerprint density at radius 1 is 0.975 bits per heavy atom. The van der Waals surface area contributed by atoms with E-state index in [-0.39, 0.29) is 35.2 Å². The molecule has 2 amide bonds. The van der Waals surface area contributed by atoms with E-state index in [4.69, 9.17) is 16.3 Å². The molecule has 0 saturated carbocycles. The van der Waals surface area contributed by atoms with Crippen LogP contribution in [0.4, 0.5) is 13.2 Å². The molecule has 0 bridgehead atoms. The molecule has 0 aliphatic carbocycles. The maximum Gasteiger partial charge on any atom is 0.573 e. The summed E-state index contributed by atoms with van der Waals surface area (Å²) in [4.78, 5) is 24.6. The molecule has 8 nitrogen and oxygen atoms in total. The molecule has 0 unspecified atom stereocenters. The molecule has 0 spiro atoms. The number of fused-ring (bicyclic) bond motifs is 1. The van der Waals surface area contributed by atoms with Gasteiger partial charge in [-0.15, -0.1) is 13.2 Å². The van der Waals surface area contributed by atoms with Crippen LogP contribution in [0.3, 0.4) is 0 Å². The highest BCUT2D eigenvalue weighted by Crippen LogP contribution is 2.28. The fourth-order valence-corrected chi connectivity index (χ4v) is 3.83. The van der Waals surface area contributed by atoms with Crippen LogP contribution in [0.5, 0.6) is 17.2 Å². The lowest BCUT2D eigenvalue weighted by molar-refractivity contribution is -0.274. The second-order valence-corrected chi connectivity index (χ2v) is 8.73. The molecule has 40 heavy (non-hydrogen) atoms. The number of hydrazone groups is 1. The van der Waals surface area contributed by atoms with Crippen LogP contribution < -0.4 is 20.2 Å². The third-order valence-corrected chi connectivity index (χ3v) is 5.78. The second kappa shape index (κ2) is 12.4. The molecule has 0 fully saturated rings. The van der Waals surface area contributed by atoms with Gasteiger partial charge in [-0.3, -0.25) is 9.59 Å². The van der Waals surface area contributed by atoms with Gasteiger partial charge >= 0.3 is 6.36 Å². The number of aromatic hydroxyl groups is 1. The van der Waals surface area contributed by atoms with E-state index >= 15 is 0 Å². The van der Waals surface area contributed by atoms with Gasteiger partial charge in [0.1, 0.15) is 17.2 Å². The number of phenolic OH excluding ortho intramolecular Hbond substituents is 1. The molecule has 4 rings (SSSR count). The number of ether oxygens (including phenoxy) is 2. The van der Waals surface area contributed by atoms with Gasteiger partial charge in [-0.2, -0.15) is 5.10 Å². The molecule has 0 aliphatic rings. The molecule has 206 valence electrons. The van der Waals surface area contributed by atoms with Crippen LogP contribution in [-0.2, 0) is 11.3 Å². The van der Waals surface area contributed by atoms with Gasteiger partial charge < -0.3 is 19.9 Å². The van der Waals surface area contributed by atoms with Gasteiger partial charge in [0.15, 0.2) is 6.61 Å². The van der Waals surface area contributed by atoms with Crippen LogP contribution in [0.15, 0.2) is 84.0 Å². The van der Waals surface area contributed by atoms with Crippen molar-refractivity contribution in [2.45, 2.75) is 12.9 Å². The third kappa shape index (κ3) is 7.64. The first-order valence-corrected chi connectivity index (χ1v) is 12.0. The van der Waals surface area contributed by atoms with Crippen molar-refractivity contribution >= 4 is 40.4 Å². The molecule has 0 radical (unpaired) electrons. The number of alkyl halides is 3. The number of rotatable bonds is 9. The van der Waals surface area contributed by atoms with Crippen LogP contribution in [0.25, 0.3) is 10.8 Å². The molecule has 0 heterocycles. The lowest BCUT2D eigenvalue weighted by atomic mass is 10.0. The smallest absolute Gasteiger partial charge is 0.506 e. The van der Waals surface area contributed by atoms with Crippen LogP contribution >= 0.6 is 11.6 Å². The average molecular weight is 572 g/mol. The Bertz CT molecular complexity index is 1580. The first kappa shape index (κ1) is 28.2. The summed E-state index contributed by atoms with van der Waals surface area (Å²) in [5, 5.41) is 17.6. The maximum absolute atomic E-state index is 12.4. The van der Waals surface area contributed by atoms with Crippen molar-refractivity contribution in [1.29, 1.82) is 0 Å². The lowest BCUT2D eigenvalue weighted by Crippen LogP contribution is -2.28. The van der Waals surface area contributed by atoms with Crippen molar-refractivity contribution in [2.24, 2.45) is 5.10 Å². The minimum absolute atomic E-state index is 0.0184. The van der Waals surface area contributed by atoms with E-state index < -0.39 is 18.2 Å². The predicted octanol–water partition coefficient (Wildman–Crippen LogP) is 5.56. The quantitative estimate of drug-likeness (QED) is 0.180. The molecule has 0 aromatic heterocycles. The minimum atomic E-state index is -4.81. The molecule has 4 aromatic rings. The number of hydrogen-bond donors (Lipinski definition) is 3. The average Bonchev–Trinajstić information content (AvgIpc) is 2.92. The summed E-state index contributed by atoms with van der Waals surface area (Å²) < 4.78 is 46.9. The molecule has 0 atom stereocenters. The normalized spacial score (nSPS) is 11.4. The van der Waals surface area contributed by atoms with E-state index in [1.165, 1.54) is 42.6 Å². The predicted molar refractivity (Wildman–Crippen MR) is 143 cm³/mol. The van der Waals surface area contributed by atoms with Gasteiger partial charge in [-0.1, -0.05) is 48.0 Å². The molecular weight excluding hydrogens is 551 g/mol. The van der Waals surface area contributed by atoms with Crippen molar-refractivity contribution in [3.8, 4) is 17.2 Å². The Hall–Kier alpha value is -4.77. The zero-order valence-corrected chi connectivity index (χ0v) is 21.3. The molecular formula is C28H21ClF3N3O5. The summed E-state index contributed by atoms with van der Waals surface area (Å²) in [6.07, 6.45) is -3.36. The first-order valence-electron chi connectivity index (χ1n) is 11.7. The van der Waals surface area contributed by atoms with Gasteiger partial charge in [0.25, 0.3) is 11.8 Å². The van der Waals surface area contributed by atoms with Crippen LogP contribution in [-0.4, -0.2) is 36.1 Å². The van der Waals surface area contributed by atoms with E-state index in [0.29, 0.717) is 22.3 Å². The number of carbonyl (C=O) groups excluding carboxylic acids is 2. The van der Waals surface area contributed by atoms with Gasteiger partial charge in [0, 0.05) is 23.1 Å². The van der Waals surface area contributed by atoms with E-state index in [9.17, 15) is 27.9 Å². The summed E-state index contributed by atoms with van der Waals surface area (Å²) in [5.74, 6) is -1.10. The van der Waals surface area contributed by atoms with Crippen molar-refractivity contribution in [1.82, 2.24) is 10.7 Å². The maximum atomic E-state index is 12.4. The molecule has 4 aromatic carbocycles. The van der Waals surface area contributed by atoms with Crippen LogP contribution in [0.1, 0.15) is 21.5 Å². The number of carbonyl (C=O) groups is 2. The Kier molecular flexibility index (Phi) is 8.75. The Morgan fingerprint density at radius 2 is 1.75 bits per heavy atom. The largest absolute Gasteiger partial charge is 0.573 e. The number of benzene rings is 4. The fourth-order valence-electron chi connectivity index (χ4n) is 3.65. The van der Waals surface area contributed by atoms with Crippen LogP contribution in [0, 0.1) is 0 Å². The zero-order chi connectivity index (χ0) is 28.7. The summed E-state index contributed by atoms with van der Waals surface area (Å²) in [6.45, 7) is -0.350. The summed E-state index contributed by atoms with van der Waals surface area (Å²) in [6, 6.07) is 19.9. The van der Waals surface area contributed by atoms with E-state index in [2.05, 4.69) is 20.6 Å². The number of amides is 2. The summed E-state index contributed by atoms with van der Waals surface area (Å²) in [5.41, 5.74) is 3.70. The number of hydrogen-bond acceptors (Lipinski definition) is 6. The van der Waals surface area contributed by atoms with E-state index in [1.807, 2.05) is 12.1 Å². The Morgan fingerprint density at radius 3 is 2.50 bits per heavy atom. The zero-order valence-electron chi connectivity index (χ0n) is 20.5. The highest BCUT2D eigenvalue weighted by atomic mass is 35.5. The molecule has 0 aliphatic heterocycles. The Balaban J connectivity index is 1.37. The topological polar surface area (TPSA) is 109 Å². The Labute approximate surface area is 231 Å². The van der Waals surface area contributed by atoms with Gasteiger partial charge in [0.2, 0.25) is 0 Å². The monoisotopic (exact) mass is 571 g/mol. The van der Waals surface area contributed by atoms with Gasteiger partial charge in [-0.25, -0.2) is 5.43 Å². The second-order valence-electron chi connectivity index (χ2n) is 8.32. The highest BCUT2D eigenvalue weighted by molar-refractivity contribution is 6.32. The SMILES string of the molecule is O=C(COc1ccc(C=NNC(=O)c2ccc(O)c(Cl)c2)c2ccccc12)NCc1cccc(OC(F)(F)F)c1.